The van der Waals surface area contributed by atoms with Gasteiger partial charge in [-0.2, -0.15) is 0 Å². The highest BCUT2D eigenvalue weighted by molar-refractivity contribution is 5.85. The topological polar surface area (TPSA) is 98.5 Å². The molecular formula is C19H27NO7. The van der Waals surface area contributed by atoms with E-state index in [-0.39, 0.29) is 6.61 Å². The number of ether oxygens (including phenoxy) is 6. The highest BCUT2D eigenvalue weighted by Crippen LogP contribution is 2.27. The molecule has 1 aliphatic rings. The van der Waals surface area contributed by atoms with Crippen molar-refractivity contribution in [3.05, 3.63) is 36.4 Å². The van der Waals surface area contributed by atoms with Gasteiger partial charge in [0.2, 0.25) is 5.91 Å². The minimum absolute atomic E-state index is 0.237. The summed E-state index contributed by atoms with van der Waals surface area (Å²) in [5.41, 5.74) is 5.18. The van der Waals surface area contributed by atoms with E-state index >= 15 is 0 Å². The number of rotatable bonds is 2. The fourth-order valence-electron chi connectivity index (χ4n) is 2.23. The minimum atomic E-state index is -0.553. The maximum Gasteiger partial charge on any atom is 0.241 e. The summed E-state index contributed by atoms with van der Waals surface area (Å²) in [5.74, 6) is 0.572. The number of benzene rings is 1. The van der Waals surface area contributed by atoms with Gasteiger partial charge in [-0.25, -0.2) is 0 Å². The van der Waals surface area contributed by atoms with E-state index in [1.165, 1.54) is 6.08 Å². The Labute approximate surface area is 159 Å². The molecule has 1 aliphatic heterocycles. The van der Waals surface area contributed by atoms with Crippen LogP contribution in [-0.2, 0) is 23.7 Å². The highest BCUT2D eigenvalue weighted by Gasteiger charge is 2.12. The van der Waals surface area contributed by atoms with E-state index in [1.807, 2.05) is 12.1 Å². The summed E-state index contributed by atoms with van der Waals surface area (Å²) in [6.45, 7) is 3.86. The summed E-state index contributed by atoms with van der Waals surface area (Å²) < 4.78 is 33.6. The lowest BCUT2D eigenvalue weighted by atomic mass is 10.3. The molecule has 0 aromatic heterocycles. The Morgan fingerprint density at radius 1 is 0.852 bits per heavy atom. The first-order valence-corrected chi connectivity index (χ1v) is 8.93. The van der Waals surface area contributed by atoms with Crippen molar-refractivity contribution in [1.82, 2.24) is 0 Å². The van der Waals surface area contributed by atoms with Crippen LogP contribution in [0, 0.1) is 0 Å². The van der Waals surface area contributed by atoms with Crippen LogP contribution in [0.25, 0.3) is 0 Å². The average molecular weight is 381 g/mol. The highest BCUT2D eigenvalue weighted by atomic mass is 16.6. The van der Waals surface area contributed by atoms with Gasteiger partial charge in [0, 0.05) is 6.08 Å². The van der Waals surface area contributed by atoms with Gasteiger partial charge in [0.1, 0.15) is 12.7 Å². The molecule has 0 fully saturated rings. The van der Waals surface area contributed by atoms with E-state index in [0.29, 0.717) is 64.4 Å². The van der Waals surface area contributed by atoms with Crippen LogP contribution < -0.4 is 15.2 Å². The first-order valence-electron chi connectivity index (χ1n) is 8.93. The number of para-hydroxylation sites is 2. The van der Waals surface area contributed by atoms with Gasteiger partial charge < -0.3 is 34.2 Å². The van der Waals surface area contributed by atoms with Crippen LogP contribution in [-0.4, -0.2) is 71.5 Å². The number of nitrogens with two attached hydrogens (primary N) is 1. The fourth-order valence-corrected chi connectivity index (χ4v) is 2.23. The summed E-state index contributed by atoms with van der Waals surface area (Å²) in [5, 5.41) is 0. The van der Waals surface area contributed by atoms with Crippen LogP contribution in [0.15, 0.2) is 36.4 Å². The molecule has 0 spiro atoms. The Morgan fingerprint density at radius 3 is 2.04 bits per heavy atom. The Balaban J connectivity index is 2.01. The van der Waals surface area contributed by atoms with E-state index < -0.39 is 12.0 Å². The van der Waals surface area contributed by atoms with Crippen molar-refractivity contribution >= 4 is 5.91 Å². The standard InChI is InChI=1S/C19H27NO7/c20-19(21)6-5-16-15-25-12-11-23-8-7-22-9-10-24-13-14-26-17-3-1-2-4-18(17)27-16/h1-6,16H,7-15H2,(H2,20,21). The number of amides is 1. The molecule has 1 aromatic rings. The first kappa shape index (κ1) is 21.2. The third-order valence-corrected chi connectivity index (χ3v) is 3.49. The van der Waals surface area contributed by atoms with Crippen LogP contribution in [0.4, 0.5) is 0 Å². The molecule has 0 saturated carbocycles. The number of hydrogen-bond acceptors (Lipinski definition) is 7. The summed E-state index contributed by atoms with van der Waals surface area (Å²) >= 11 is 0. The van der Waals surface area contributed by atoms with Gasteiger partial charge in [0.15, 0.2) is 11.5 Å². The Morgan fingerprint density at radius 2 is 1.41 bits per heavy atom. The molecule has 1 amide bonds. The van der Waals surface area contributed by atoms with Crippen molar-refractivity contribution in [2.24, 2.45) is 5.73 Å². The molecule has 2 N–H and O–H groups in total. The van der Waals surface area contributed by atoms with Gasteiger partial charge in [-0.1, -0.05) is 12.1 Å². The van der Waals surface area contributed by atoms with Crippen molar-refractivity contribution in [3.63, 3.8) is 0 Å². The van der Waals surface area contributed by atoms with Crippen LogP contribution in [0.5, 0.6) is 11.5 Å². The second-order valence-electron chi connectivity index (χ2n) is 5.63. The van der Waals surface area contributed by atoms with E-state index in [0.717, 1.165) is 0 Å². The van der Waals surface area contributed by atoms with Crippen molar-refractivity contribution < 1.29 is 33.2 Å². The van der Waals surface area contributed by atoms with Crippen LogP contribution in [0.2, 0.25) is 0 Å². The molecule has 27 heavy (non-hydrogen) atoms. The second-order valence-corrected chi connectivity index (χ2v) is 5.63. The third kappa shape index (κ3) is 9.39. The molecule has 1 unspecified atom stereocenters. The molecule has 8 heteroatoms. The summed E-state index contributed by atoms with van der Waals surface area (Å²) in [6, 6.07) is 7.29. The maximum atomic E-state index is 11.0. The van der Waals surface area contributed by atoms with Crippen molar-refractivity contribution in [2.75, 3.05) is 59.5 Å². The SMILES string of the molecule is NC(=O)C=CC1COCCOCCOCCOCCOc2ccccc2O1. The third-order valence-electron chi connectivity index (χ3n) is 3.49. The molecular weight excluding hydrogens is 354 g/mol. The number of hydrogen-bond donors (Lipinski definition) is 1. The Hall–Kier alpha value is -2.13. The van der Waals surface area contributed by atoms with Crippen molar-refractivity contribution in [2.45, 2.75) is 6.10 Å². The number of primary amides is 1. The van der Waals surface area contributed by atoms with Gasteiger partial charge in [0.05, 0.1) is 52.9 Å². The molecule has 0 saturated heterocycles. The monoisotopic (exact) mass is 381 g/mol. The number of carbonyl (C=O) groups is 1. The normalized spacial score (nSPS) is 21.3. The largest absolute Gasteiger partial charge is 0.487 e. The predicted octanol–water partition coefficient (Wildman–Crippen LogP) is 0.934. The van der Waals surface area contributed by atoms with E-state index in [1.54, 1.807) is 18.2 Å². The van der Waals surface area contributed by atoms with E-state index in [9.17, 15) is 4.79 Å². The van der Waals surface area contributed by atoms with Crippen LogP contribution in [0.1, 0.15) is 0 Å². The van der Waals surface area contributed by atoms with Gasteiger partial charge in [-0.15, -0.1) is 0 Å². The van der Waals surface area contributed by atoms with Crippen molar-refractivity contribution in [1.29, 1.82) is 0 Å². The quantitative estimate of drug-likeness (QED) is 0.761. The van der Waals surface area contributed by atoms with E-state index in [4.69, 9.17) is 34.2 Å². The minimum Gasteiger partial charge on any atom is -0.487 e. The fraction of sp³-hybridized carbons (Fsp3) is 0.526. The molecule has 1 heterocycles. The summed E-state index contributed by atoms with van der Waals surface area (Å²) in [6.07, 6.45) is 2.32. The molecule has 150 valence electrons. The molecule has 1 aromatic carbocycles. The van der Waals surface area contributed by atoms with Crippen molar-refractivity contribution in [3.8, 4) is 11.5 Å². The molecule has 0 bridgehead atoms. The number of carbonyl (C=O) groups excluding carboxylic acids is 1. The average Bonchev–Trinajstić information content (AvgIpc) is 2.66. The predicted molar refractivity (Wildman–Crippen MR) is 98.0 cm³/mol. The lowest BCUT2D eigenvalue weighted by Crippen LogP contribution is -2.23. The van der Waals surface area contributed by atoms with Crippen LogP contribution >= 0.6 is 0 Å². The lowest BCUT2D eigenvalue weighted by Gasteiger charge is -2.19. The molecule has 1 atom stereocenters. The van der Waals surface area contributed by atoms with E-state index in [2.05, 4.69) is 0 Å². The molecule has 2 rings (SSSR count). The zero-order valence-corrected chi connectivity index (χ0v) is 15.3. The molecule has 8 nitrogen and oxygen atoms in total. The smallest absolute Gasteiger partial charge is 0.241 e. The summed E-state index contributed by atoms with van der Waals surface area (Å²) in [4.78, 5) is 11.0. The lowest BCUT2D eigenvalue weighted by molar-refractivity contribution is -0.113. The first-order chi connectivity index (χ1) is 13.3. The second kappa shape index (κ2) is 13.1. The zero-order chi connectivity index (χ0) is 19.2. The molecule has 0 radical (unpaired) electrons. The maximum absolute atomic E-state index is 11.0. The zero-order valence-electron chi connectivity index (χ0n) is 15.3. The van der Waals surface area contributed by atoms with Gasteiger partial charge in [0.25, 0.3) is 0 Å². The Bertz CT molecular complexity index is 579. The van der Waals surface area contributed by atoms with Gasteiger partial charge in [-0.3, -0.25) is 4.79 Å². The van der Waals surface area contributed by atoms with Gasteiger partial charge in [-0.05, 0) is 18.2 Å². The molecule has 0 aliphatic carbocycles. The summed E-state index contributed by atoms with van der Waals surface area (Å²) in [7, 11) is 0. The van der Waals surface area contributed by atoms with Crippen LogP contribution in [0.3, 0.4) is 0 Å². The number of fused-ring (bicyclic) bond motifs is 1. The van der Waals surface area contributed by atoms with Gasteiger partial charge >= 0.3 is 0 Å². The Kier molecular flexibility index (Phi) is 10.3.